The maximum absolute atomic E-state index is 5.95. The summed E-state index contributed by atoms with van der Waals surface area (Å²) in [6.07, 6.45) is 4.73. The van der Waals surface area contributed by atoms with Crippen LogP contribution in [0.1, 0.15) is 44.1 Å². The molecule has 19 heavy (non-hydrogen) atoms. The third-order valence-electron chi connectivity index (χ3n) is 3.82. The molecule has 1 saturated carbocycles. The molecule has 0 saturated heterocycles. The molecule has 0 radical (unpaired) electrons. The van der Waals surface area contributed by atoms with E-state index in [-0.39, 0.29) is 0 Å². The molecule has 2 N–H and O–H groups in total. The zero-order chi connectivity index (χ0) is 13.5. The Morgan fingerprint density at radius 1 is 1.05 bits per heavy atom. The van der Waals surface area contributed by atoms with E-state index in [1.807, 2.05) is 6.92 Å². The van der Waals surface area contributed by atoms with Crippen LogP contribution >= 0.6 is 0 Å². The van der Waals surface area contributed by atoms with Crippen LogP contribution in [0.4, 0.5) is 0 Å². The highest BCUT2D eigenvalue weighted by Crippen LogP contribution is 2.32. The molecule has 0 aliphatic heterocycles. The van der Waals surface area contributed by atoms with E-state index < -0.39 is 0 Å². The number of ether oxygens (including phenoxy) is 2. The highest BCUT2D eigenvalue weighted by molar-refractivity contribution is 5.29. The lowest BCUT2D eigenvalue weighted by molar-refractivity contribution is 0.110. The van der Waals surface area contributed by atoms with Crippen LogP contribution in [0, 0.1) is 0 Å². The summed E-state index contributed by atoms with van der Waals surface area (Å²) in [5.74, 6) is 1.60. The van der Waals surface area contributed by atoms with Crippen molar-refractivity contribution in [1.82, 2.24) is 0 Å². The van der Waals surface area contributed by atoms with Crippen LogP contribution in [-0.4, -0.2) is 25.9 Å². The van der Waals surface area contributed by atoms with E-state index in [1.54, 1.807) is 0 Å². The molecular weight excluding hydrogens is 238 g/mol. The van der Waals surface area contributed by atoms with E-state index in [0.29, 0.717) is 25.2 Å². The summed E-state index contributed by atoms with van der Waals surface area (Å²) in [4.78, 5) is 0. The van der Waals surface area contributed by atoms with Crippen LogP contribution in [0.3, 0.4) is 0 Å². The van der Waals surface area contributed by atoms with Gasteiger partial charge in [0.2, 0.25) is 0 Å². The minimum absolute atomic E-state index is 0.414. The normalized spacial score (nSPS) is 23.3. The molecule has 3 heteroatoms. The highest BCUT2D eigenvalue weighted by Gasteiger charge is 2.19. The number of rotatable bonds is 6. The highest BCUT2D eigenvalue weighted by atomic mass is 16.5. The monoisotopic (exact) mass is 263 g/mol. The van der Waals surface area contributed by atoms with Crippen LogP contribution in [0.5, 0.6) is 5.75 Å². The molecule has 0 spiro atoms. The molecule has 1 aromatic carbocycles. The van der Waals surface area contributed by atoms with Crippen LogP contribution in [0.15, 0.2) is 24.3 Å². The fourth-order valence-corrected chi connectivity index (χ4v) is 2.65. The van der Waals surface area contributed by atoms with Gasteiger partial charge in [-0.15, -0.1) is 0 Å². The van der Waals surface area contributed by atoms with E-state index >= 15 is 0 Å². The first-order valence-electron chi connectivity index (χ1n) is 7.35. The first-order valence-corrected chi connectivity index (χ1v) is 7.35. The van der Waals surface area contributed by atoms with Gasteiger partial charge in [0.25, 0.3) is 0 Å². The predicted molar refractivity (Wildman–Crippen MR) is 77.6 cm³/mol. The lowest BCUT2D eigenvalue weighted by atomic mass is 9.82. The predicted octanol–water partition coefficient (Wildman–Crippen LogP) is 3.09. The van der Waals surface area contributed by atoms with E-state index in [0.717, 1.165) is 25.2 Å². The lowest BCUT2D eigenvalue weighted by Crippen LogP contribution is -2.25. The summed E-state index contributed by atoms with van der Waals surface area (Å²) in [6.45, 7) is 4.00. The van der Waals surface area contributed by atoms with Crippen molar-refractivity contribution in [1.29, 1.82) is 0 Å². The maximum Gasteiger partial charge on any atom is 0.119 e. The maximum atomic E-state index is 5.95. The molecule has 1 aliphatic rings. The van der Waals surface area contributed by atoms with Crippen molar-refractivity contribution in [2.24, 2.45) is 5.73 Å². The molecule has 0 aromatic heterocycles. The average Bonchev–Trinajstić information content (AvgIpc) is 2.45. The molecule has 0 amide bonds. The molecule has 0 atom stereocenters. The van der Waals surface area contributed by atoms with Gasteiger partial charge in [0.15, 0.2) is 0 Å². The average molecular weight is 263 g/mol. The summed E-state index contributed by atoms with van der Waals surface area (Å²) < 4.78 is 10.9. The number of hydrogen-bond acceptors (Lipinski definition) is 3. The van der Waals surface area contributed by atoms with Gasteiger partial charge < -0.3 is 15.2 Å². The molecule has 106 valence electrons. The summed E-state index contributed by atoms with van der Waals surface area (Å²) in [5.41, 5.74) is 7.37. The summed E-state index contributed by atoms with van der Waals surface area (Å²) in [5, 5.41) is 0. The largest absolute Gasteiger partial charge is 0.491 e. The van der Waals surface area contributed by atoms with E-state index in [4.69, 9.17) is 15.2 Å². The molecular formula is C16H25NO2. The van der Waals surface area contributed by atoms with Crippen LogP contribution < -0.4 is 10.5 Å². The fraction of sp³-hybridized carbons (Fsp3) is 0.625. The zero-order valence-electron chi connectivity index (χ0n) is 11.8. The molecule has 2 rings (SSSR count). The van der Waals surface area contributed by atoms with Crippen molar-refractivity contribution in [3.8, 4) is 5.75 Å². The van der Waals surface area contributed by atoms with Crippen LogP contribution in [0.25, 0.3) is 0 Å². The molecule has 1 fully saturated rings. The molecule has 1 aliphatic carbocycles. The SMILES string of the molecule is CCOCCOc1ccc([C@H]2CC[C@@H](N)CC2)cc1. The Balaban J connectivity index is 1.81. The number of hydrogen-bond donors (Lipinski definition) is 1. The van der Waals surface area contributed by atoms with Gasteiger partial charge in [-0.05, 0) is 56.2 Å². The van der Waals surface area contributed by atoms with Gasteiger partial charge in [0.05, 0.1) is 6.61 Å². The molecule has 0 bridgehead atoms. The van der Waals surface area contributed by atoms with Gasteiger partial charge in [0, 0.05) is 12.6 Å². The number of benzene rings is 1. The minimum atomic E-state index is 0.414. The first kappa shape index (κ1) is 14.4. The van der Waals surface area contributed by atoms with E-state index in [9.17, 15) is 0 Å². The Morgan fingerprint density at radius 2 is 1.74 bits per heavy atom. The van der Waals surface area contributed by atoms with Crippen LogP contribution in [0.2, 0.25) is 0 Å². The Morgan fingerprint density at radius 3 is 2.37 bits per heavy atom. The van der Waals surface area contributed by atoms with E-state index in [2.05, 4.69) is 24.3 Å². The standard InChI is InChI=1S/C16H25NO2/c1-2-18-11-12-19-16-9-5-14(6-10-16)13-3-7-15(17)8-4-13/h5-6,9-10,13,15H,2-4,7-8,11-12,17H2,1H3/t13-,15+. The van der Waals surface area contributed by atoms with Gasteiger partial charge in [-0.1, -0.05) is 12.1 Å². The quantitative estimate of drug-likeness (QED) is 0.802. The third kappa shape index (κ3) is 4.51. The fourth-order valence-electron chi connectivity index (χ4n) is 2.65. The van der Waals surface area contributed by atoms with Gasteiger partial charge >= 0.3 is 0 Å². The van der Waals surface area contributed by atoms with Crippen molar-refractivity contribution in [3.63, 3.8) is 0 Å². The topological polar surface area (TPSA) is 44.5 Å². The Hall–Kier alpha value is -1.06. The van der Waals surface area contributed by atoms with Crippen LogP contribution in [-0.2, 0) is 4.74 Å². The van der Waals surface area contributed by atoms with Gasteiger partial charge in [-0.3, -0.25) is 0 Å². The Kier molecular flexibility index (Phi) is 5.67. The first-order chi connectivity index (χ1) is 9.29. The summed E-state index contributed by atoms with van der Waals surface area (Å²) in [7, 11) is 0. The number of nitrogens with two attached hydrogens (primary N) is 1. The Bertz CT molecular complexity index is 356. The second-order valence-electron chi connectivity index (χ2n) is 5.23. The molecule has 1 aromatic rings. The van der Waals surface area contributed by atoms with Gasteiger partial charge in [-0.2, -0.15) is 0 Å². The second-order valence-corrected chi connectivity index (χ2v) is 5.23. The van der Waals surface area contributed by atoms with Gasteiger partial charge in [0.1, 0.15) is 12.4 Å². The van der Waals surface area contributed by atoms with Crippen molar-refractivity contribution >= 4 is 0 Å². The summed E-state index contributed by atoms with van der Waals surface area (Å²) >= 11 is 0. The lowest BCUT2D eigenvalue weighted by Gasteiger charge is -2.26. The molecule has 0 unspecified atom stereocenters. The van der Waals surface area contributed by atoms with Crippen molar-refractivity contribution < 1.29 is 9.47 Å². The van der Waals surface area contributed by atoms with Gasteiger partial charge in [-0.25, -0.2) is 0 Å². The van der Waals surface area contributed by atoms with Crippen molar-refractivity contribution in [2.45, 2.75) is 44.6 Å². The minimum Gasteiger partial charge on any atom is -0.491 e. The third-order valence-corrected chi connectivity index (χ3v) is 3.82. The molecule has 0 heterocycles. The Labute approximate surface area is 116 Å². The smallest absolute Gasteiger partial charge is 0.119 e. The molecule has 3 nitrogen and oxygen atoms in total. The van der Waals surface area contributed by atoms with Crippen molar-refractivity contribution in [2.75, 3.05) is 19.8 Å². The van der Waals surface area contributed by atoms with Crippen molar-refractivity contribution in [3.05, 3.63) is 29.8 Å². The summed E-state index contributed by atoms with van der Waals surface area (Å²) in [6, 6.07) is 8.93. The zero-order valence-corrected chi connectivity index (χ0v) is 11.8. The second kappa shape index (κ2) is 7.51. The van der Waals surface area contributed by atoms with E-state index in [1.165, 1.54) is 18.4 Å².